The standard InChI is InChI=1S/C18H26FN5O2.HI/c1-5-20-18(24(4)12-14-7-9-15(19)10-8-14)21-11-16-22-17(23-26-16)13(3)25-6-2;/h7-10,13H,5-6,11-12H2,1-4H3,(H,20,21);1H. The van der Waals surface area contributed by atoms with E-state index in [1.54, 1.807) is 12.1 Å². The Bertz CT molecular complexity index is 708. The Morgan fingerprint density at radius 3 is 2.67 bits per heavy atom. The first-order valence-electron chi connectivity index (χ1n) is 8.71. The van der Waals surface area contributed by atoms with Crippen LogP contribution in [0.25, 0.3) is 0 Å². The second kappa shape index (κ2) is 11.9. The summed E-state index contributed by atoms with van der Waals surface area (Å²) < 4.78 is 23.7. The van der Waals surface area contributed by atoms with Crippen molar-refractivity contribution in [3.63, 3.8) is 0 Å². The van der Waals surface area contributed by atoms with Gasteiger partial charge >= 0.3 is 0 Å². The molecule has 0 saturated heterocycles. The summed E-state index contributed by atoms with van der Waals surface area (Å²) in [6.45, 7) is 7.97. The number of ether oxygens (including phenoxy) is 1. The Morgan fingerprint density at radius 2 is 2.04 bits per heavy atom. The number of nitrogens with zero attached hydrogens (tertiary/aromatic N) is 4. The smallest absolute Gasteiger partial charge is 0.248 e. The molecule has 0 saturated carbocycles. The van der Waals surface area contributed by atoms with Gasteiger partial charge in [-0.1, -0.05) is 17.3 Å². The van der Waals surface area contributed by atoms with Gasteiger partial charge in [-0.15, -0.1) is 24.0 Å². The Hall–Kier alpha value is -1.75. The minimum Gasteiger partial charge on any atom is -0.371 e. The van der Waals surface area contributed by atoms with E-state index in [9.17, 15) is 4.39 Å². The predicted octanol–water partition coefficient (Wildman–Crippen LogP) is 3.52. The quantitative estimate of drug-likeness (QED) is 0.346. The lowest BCUT2D eigenvalue weighted by molar-refractivity contribution is 0.0683. The number of rotatable bonds is 8. The third kappa shape index (κ3) is 7.41. The van der Waals surface area contributed by atoms with Crippen molar-refractivity contribution >= 4 is 29.9 Å². The molecule has 0 aliphatic heterocycles. The van der Waals surface area contributed by atoms with Crippen LogP contribution >= 0.6 is 24.0 Å². The molecule has 0 amide bonds. The zero-order valence-corrected chi connectivity index (χ0v) is 18.4. The van der Waals surface area contributed by atoms with E-state index < -0.39 is 0 Å². The minimum atomic E-state index is -0.245. The fraction of sp³-hybridized carbons (Fsp3) is 0.500. The molecule has 1 unspecified atom stereocenters. The van der Waals surface area contributed by atoms with Crippen LogP contribution in [0.2, 0.25) is 0 Å². The molecule has 1 aromatic carbocycles. The lowest BCUT2D eigenvalue weighted by Crippen LogP contribution is -2.38. The molecule has 2 aromatic rings. The predicted molar refractivity (Wildman–Crippen MR) is 112 cm³/mol. The van der Waals surface area contributed by atoms with Gasteiger partial charge in [-0.2, -0.15) is 4.98 Å². The van der Waals surface area contributed by atoms with Crippen molar-refractivity contribution in [3.05, 3.63) is 47.4 Å². The minimum absolute atomic E-state index is 0. The van der Waals surface area contributed by atoms with E-state index >= 15 is 0 Å². The topological polar surface area (TPSA) is 75.8 Å². The number of nitrogens with one attached hydrogen (secondary N) is 1. The van der Waals surface area contributed by atoms with Gasteiger partial charge in [-0.3, -0.25) is 0 Å². The van der Waals surface area contributed by atoms with E-state index in [2.05, 4.69) is 20.4 Å². The molecule has 2 rings (SSSR count). The van der Waals surface area contributed by atoms with Crippen molar-refractivity contribution in [3.8, 4) is 0 Å². The van der Waals surface area contributed by atoms with Crippen molar-refractivity contribution in [2.45, 2.75) is 40.0 Å². The number of guanidine groups is 1. The fourth-order valence-corrected chi connectivity index (χ4v) is 2.37. The average Bonchev–Trinajstić information content (AvgIpc) is 3.10. The summed E-state index contributed by atoms with van der Waals surface area (Å²) >= 11 is 0. The molecule has 1 heterocycles. The monoisotopic (exact) mass is 491 g/mol. The highest BCUT2D eigenvalue weighted by atomic mass is 127. The fourth-order valence-electron chi connectivity index (χ4n) is 2.37. The van der Waals surface area contributed by atoms with Crippen LogP contribution in [0.4, 0.5) is 4.39 Å². The van der Waals surface area contributed by atoms with Crippen LogP contribution in [0.3, 0.4) is 0 Å². The Kier molecular flexibility index (Phi) is 10.2. The van der Waals surface area contributed by atoms with Crippen molar-refractivity contribution in [1.82, 2.24) is 20.4 Å². The van der Waals surface area contributed by atoms with Crippen LogP contribution in [0, 0.1) is 5.82 Å². The Balaban J connectivity index is 0.00000364. The normalized spacial score (nSPS) is 12.4. The third-order valence-corrected chi connectivity index (χ3v) is 3.66. The number of hydrogen-bond donors (Lipinski definition) is 1. The lowest BCUT2D eigenvalue weighted by Gasteiger charge is -2.22. The van der Waals surface area contributed by atoms with E-state index in [1.165, 1.54) is 12.1 Å². The maximum Gasteiger partial charge on any atom is 0.248 e. The number of benzene rings is 1. The molecule has 0 aliphatic carbocycles. The maximum atomic E-state index is 13.0. The summed E-state index contributed by atoms with van der Waals surface area (Å²) in [6, 6.07) is 6.42. The van der Waals surface area contributed by atoms with Gasteiger partial charge in [0.2, 0.25) is 5.89 Å². The molecule has 0 spiro atoms. The van der Waals surface area contributed by atoms with Gasteiger partial charge in [0, 0.05) is 26.7 Å². The van der Waals surface area contributed by atoms with Gasteiger partial charge in [-0.25, -0.2) is 9.38 Å². The first kappa shape index (κ1) is 23.3. The lowest BCUT2D eigenvalue weighted by atomic mass is 10.2. The highest BCUT2D eigenvalue weighted by molar-refractivity contribution is 14.0. The zero-order chi connectivity index (χ0) is 18.9. The van der Waals surface area contributed by atoms with E-state index in [4.69, 9.17) is 9.26 Å². The molecule has 0 aliphatic rings. The summed E-state index contributed by atoms with van der Waals surface area (Å²) in [6.07, 6.45) is -0.212. The summed E-state index contributed by atoms with van der Waals surface area (Å²) in [5, 5.41) is 7.15. The van der Waals surface area contributed by atoms with E-state index in [-0.39, 0.29) is 42.4 Å². The molecular weight excluding hydrogens is 464 g/mol. The summed E-state index contributed by atoms with van der Waals surface area (Å²) in [5.41, 5.74) is 0.991. The SMILES string of the molecule is CCNC(=NCc1nc(C(C)OCC)no1)N(C)Cc1ccc(F)cc1.I. The largest absolute Gasteiger partial charge is 0.371 e. The first-order chi connectivity index (χ1) is 12.5. The molecular formula is C18H27FIN5O2. The second-order valence-corrected chi connectivity index (χ2v) is 5.80. The molecule has 7 nitrogen and oxygen atoms in total. The molecule has 0 bridgehead atoms. The summed E-state index contributed by atoms with van der Waals surface area (Å²) in [4.78, 5) is 10.8. The van der Waals surface area contributed by atoms with Gasteiger partial charge in [0.25, 0.3) is 0 Å². The average molecular weight is 491 g/mol. The first-order valence-corrected chi connectivity index (χ1v) is 8.71. The van der Waals surface area contributed by atoms with Crippen molar-refractivity contribution < 1.29 is 13.7 Å². The zero-order valence-electron chi connectivity index (χ0n) is 16.1. The van der Waals surface area contributed by atoms with Crippen LogP contribution in [-0.4, -0.2) is 41.2 Å². The van der Waals surface area contributed by atoms with Crippen molar-refractivity contribution in [1.29, 1.82) is 0 Å². The molecule has 0 fully saturated rings. The Labute approximate surface area is 176 Å². The van der Waals surface area contributed by atoms with Crippen LogP contribution in [-0.2, 0) is 17.8 Å². The molecule has 0 radical (unpaired) electrons. The maximum absolute atomic E-state index is 13.0. The van der Waals surface area contributed by atoms with E-state index in [0.717, 1.165) is 12.1 Å². The summed E-state index contributed by atoms with van der Waals surface area (Å²) in [5.74, 6) is 1.40. The van der Waals surface area contributed by atoms with Gasteiger partial charge in [-0.05, 0) is 38.5 Å². The van der Waals surface area contributed by atoms with Gasteiger partial charge in [0.1, 0.15) is 18.5 Å². The molecule has 150 valence electrons. The van der Waals surface area contributed by atoms with Gasteiger partial charge in [0.05, 0.1) is 0 Å². The number of aliphatic imine (C=N–C) groups is 1. The van der Waals surface area contributed by atoms with Gasteiger partial charge in [0.15, 0.2) is 11.8 Å². The van der Waals surface area contributed by atoms with Gasteiger partial charge < -0.3 is 19.5 Å². The van der Waals surface area contributed by atoms with Crippen molar-refractivity contribution in [2.75, 3.05) is 20.2 Å². The molecule has 1 atom stereocenters. The van der Waals surface area contributed by atoms with Crippen LogP contribution in [0.1, 0.15) is 44.2 Å². The molecule has 1 N–H and O–H groups in total. The highest BCUT2D eigenvalue weighted by Crippen LogP contribution is 2.13. The van der Waals surface area contributed by atoms with Crippen molar-refractivity contribution in [2.24, 2.45) is 4.99 Å². The molecule has 27 heavy (non-hydrogen) atoms. The molecule has 9 heteroatoms. The summed E-state index contributed by atoms with van der Waals surface area (Å²) in [7, 11) is 1.92. The molecule has 1 aromatic heterocycles. The number of aromatic nitrogens is 2. The number of halogens is 2. The van der Waals surface area contributed by atoms with Crippen LogP contribution in [0.5, 0.6) is 0 Å². The number of hydrogen-bond acceptors (Lipinski definition) is 5. The van der Waals surface area contributed by atoms with E-state index in [1.807, 2.05) is 32.7 Å². The van der Waals surface area contributed by atoms with E-state index in [0.29, 0.717) is 30.8 Å². The van der Waals surface area contributed by atoms with Crippen LogP contribution < -0.4 is 5.32 Å². The highest BCUT2D eigenvalue weighted by Gasteiger charge is 2.14. The third-order valence-electron chi connectivity index (χ3n) is 3.66. The second-order valence-electron chi connectivity index (χ2n) is 5.80. The Morgan fingerprint density at radius 1 is 1.33 bits per heavy atom. The van der Waals surface area contributed by atoms with Crippen LogP contribution in [0.15, 0.2) is 33.8 Å².